The minimum Gasteiger partial charge on any atom is -0.493 e. The molecule has 360 valence electrons. The number of aromatic nitrogens is 10. The number of nitriles is 1. The summed E-state index contributed by atoms with van der Waals surface area (Å²) in [6, 6.07) is 23.7. The standard InChI is InChI=1S/C53H38Cl2FN13O4/c1-31-9-10-33(20-32(31)11-12-39-29-60-48-8-5-16-64-69(39)48)50(70)58-17-19-66-37(26-57)13-14-46(66)51(71)62-30-41-42(54)22-35(24-44(41)56)34-21-40-36(27-61-49(40)43(55)23-34)25-45-52(72)67(53(73)65-45)18-3-2-6-38-28-59-47-7-4-15-63-68(38)47/h4-5,7-10,13-16,20-24,27-29,61,72H,3,17-19,25,30H2,1H3,(H,58,70)(H,62,71)(H,65,73). The molecule has 0 saturated carbocycles. The van der Waals surface area contributed by atoms with E-state index in [0.29, 0.717) is 66.4 Å². The summed E-state index contributed by atoms with van der Waals surface area (Å²) in [5.74, 6) is 10.3. The zero-order valence-corrected chi connectivity index (χ0v) is 40.0. The number of fused-ring (bicyclic) bond motifs is 3. The van der Waals surface area contributed by atoms with Crippen molar-refractivity contribution in [3.8, 4) is 46.8 Å². The second kappa shape index (κ2) is 20.1. The number of aromatic amines is 2. The van der Waals surface area contributed by atoms with E-state index in [1.54, 1.807) is 88.5 Å². The number of carbonyl (C=O) groups is 2. The number of carbonyl (C=O) groups excluding carboxylic acids is 2. The normalized spacial score (nSPS) is 11.1. The summed E-state index contributed by atoms with van der Waals surface area (Å²) in [6.45, 7) is 1.89. The van der Waals surface area contributed by atoms with Crippen molar-refractivity contribution in [3.05, 3.63) is 192 Å². The Morgan fingerprint density at radius 3 is 2.29 bits per heavy atom. The summed E-state index contributed by atoms with van der Waals surface area (Å²) >= 11 is 13.4. The third-order valence-electron chi connectivity index (χ3n) is 12.1. The van der Waals surface area contributed by atoms with Gasteiger partial charge in [-0.1, -0.05) is 41.1 Å². The highest BCUT2D eigenvalue weighted by Crippen LogP contribution is 2.36. The van der Waals surface area contributed by atoms with Crippen LogP contribution in [0.15, 0.2) is 115 Å². The van der Waals surface area contributed by atoms with Crippen LogP contribution in [-0.4, -0.2) is 71.8 Å². The van der Waals surface area contributed by atoms with Gasteiger partial charge in [-0.25, -0.2) is 28.2 Å². The average Bonchev–Trinajstić information content (AvgIpc) is 4.24. The van der Waals surface area contributed by atoms with E-state index >= 15 is 4.39 Å². The molecule has 2 amide bonds. The van der Waals surface area contributed by atoms with E-state index in [1.807, 2.05) is 19.1 Å². The van der Waals surface area contributed by atoms with E-state index < -0.39 is 17.4 Å². The molecule has 73 heavy (non-hydrogen) atoms. The lowest BCUT2D eigenvalue weighted by atomic mass is 9.99. The Bertz CT molecular complexity index is 4050. The van der Waals surface area contributed by atoms with Gasteiger partial charge in [-0.3, -0.25) is 14.2 Å². The van der Waals surface area contributed by atoms with Gasteiger partial charge in [0.05, 0.1) is 28.6 Å². The van der Waals surface area contributed by atoms with Gasteiger partial charge in [0.15, 0.2) is 11.3 Å². The van der Waals surface area contributed by atoms with Crippen molar-refractivity contribution in [3.63, 3.8) is 0 Å². The van der Waals surface area contributed by atoms with Crippen molar-refractivity contribution in [1.29, 1.82) is 5.26 Å². The van der Waals surface area contributed by atoms with Crippen LogP contribution in [0.5, 0.6) is 5.88 Å². The first-order chi connectivity index (χ1) is 35.4. The van der Waals surface area contributed by atoms with Crippen LogP contribution in [0.25, 0.3) is 33.3 Å². The Balaban J connectivity index is 0.782. The third kappa shape index (κ3) is 9.61. The summed E-state index contributed by atoms with van der Waals surface area (Å²) in [7, 11) is 0. The number of nitrogens with zero attached hydrogens (tertiary/aromatic N) is 9. The Morgan fingerprint density at radius 1 is 0.822 bits per heavy atom. The molecule has 0 aliphatic rings. The van der Waals surface area contributed by atoms with Gasteiger partial charge in [-0.15, -0.1) is 0 Å². The first-order valence-electron chi connectivity index (χ1n) is 22.6. The smallest absolute Gasteiger partial charge is 0.328 e. The van der Waals surface area contributed by atoms with Crippen LogP contribution in [0.1, 0.15) is 72.3 Å². The summed E-state index contributed by atoms with van der Waals surface area (Å²) < 4.78 is 21.9. The molecule has 0 atom stereocenters. The van der Waals surface area contributed by atoms with E-state index in [-0.39, 0.29) is 78.5 Å². The van der Waals surface area contributed by atoms with Crippen molar-refractivity contribution in [2.75, 3.05) is 6.54 Å². The monoisotopic (exact) mass is 1010 g/mol. The zero-order valence-electron chi connectivity index (χ0n) is 38.5. The fourth-order valence-electron chi connectivity index (χ4n) is 8.35. The minimum atomic E-state index is -0.689. The number of hydrogen-bond acceptors (Lipinski definition) is 9. The lowest BCUT2D eigenvalue weighted by molar-refractivity contribution is 0.0941. The van der Waals surface area contributed by atoms with Gasteiger partial charge in [-0.05, 0) is 114 Å². The maximum Gasteiger partial charge on any atom is 0.328 e. The molecule has 0 saturated heterocycles. The maximum atomic E-state index is 16.0. The van der Waals surface area contributed by atoms with E-state index in [4.69, 9.17) is 23.2 Å². The number of halogens is 3. The van der Waals surface area contributed by atoms with Crippen molar-refractivity contribution < 1.29 is 19.1 Å². The van der Waals surface area contributed by atoms with Gasteiger partial charge in [-0.2, -0.15) is 15.5 Å². The predicted octanol–water partition coefficient (Wildman–Crippen LogP) is 7.34. The molecule has 0 spiro atoms. The topological polar surface area (TPSA) is 221 Å². The number of imidazole rings is 3. The molecular formula is C53H38Cl2FN13O4. The highest BCUT2D eigenvalue weighted by Gasteiger charge is 2.21. The van der Waals surface area contributed by atoms with Crippen molar-refractivity contribution in [2.24, 2.45) is 0 Å². The summed E-state index contributed by atoms with van der Waals surface area (Å²) in [5.41, 5.74) is 6.75. The molecule has 10 rings (SSSR count). The Labute approximate surface area is 423 Å². The predicted molar refractivity (Wildman–Crippen MR) is 271 cm³/mol. The van der Waals surface area contributed by atoms with Gasteiger partial charge in [0.2, 0.25) is 5.88 Å². The van der Waals surface area contributed by atoms with Crippen LogP contribution in [0.3, 0.4) is 0 Å². The maximum absolute atomic E-state index is 16.0. The fraction of sp³-hybridized carbons (Fsp3) is 0.132. The van der Waals surface area contributed by atoms with Crippen molar-refractivity contribution in [2.45, 2.75) is 39.4 Å². The number of aryl methyl sites for hydroxylation is 1. The molecule has 0 aliphatic carbocycles. The van der Waals surface area contributed by atoms with E-state index in [9.17, 15) is 24.8 Å². The Hall–Kier alpha value is -9.41. The van der Waals surface area contributed by atoms with Crippen LogP contribution in [-0.2, 0) is 26.1 Å². The van der Waals surface area contributed by atoms with Gasteiger partial charge in [0, 0.05) is 84.7 Å². The van der Waals surface area contributed by atoms with E-state index in [2.05, 4.69) is 70.5 Å². The summed E-state index contributed by atoms with van der Waals surface area (Å²) in [6.07, 6.45) is 8.64. The molecule has 17 nitrogen and oxygen atoms in total. The van der Waals surface area contributed by atoms with Crippen molar-refractivity contribution in [1.82, 2.24) is 58.9 Å². The molecule has 7 heterocycles. The first kappa shape index (κ1) is 47.3. The number of rotatable bonds is 12. The highest BCUT2D eigenvalue weighted by atomic mass is 35.5. The molecule has 5 N–H and O–H groups in total. The molecular weight excluding hydrogens is 973 g/mol. The summed E-state index contributed by atoms with van der Waals surface area (Å²) in [5, 5.41) is 36.1. The molecule has 20 heteroatoms. The highest BCUT2D eigenvalue weighted by molar-refractivity contribution is 6.35. The molecule has 0 radical (unpaired) electrons. The van der Waals surface area contributed by atoms with Gasteiger partial charge < -0.3 is 30.3 Å². The third-order valence-corrected chi connectivity index (χ3v) is 12.8. The van der Waals surface area contributed by atoms with Crippen LogP contribution < -0.4 is 16.3 Å². The number of hydrogen-bond donors (Lipinski definition) is 5. The van der Waals surface area contributed by atoms with E-state index in [0.717, 1.165) is 5.56 Å². The number of amides is 2. The van der Waals surface area contributed by atoms with Crippen LogP contribution in [0.4, 0.5) is 4.39 Å². The van der Waals surface area contributed by atoms with Crippen LogP contribution in [0.2, 0.25) is 10.0 Å². The molecule has 0 bridgehead atoms. The van der Waals surface area contributed by atoms with Crippen LogP contribution >= 0.6 is 23.2 Å². The number of aromatic hydroxyl groups is 1. The lowest BCUT2D eigenvalue weighted by Gasteiger charge is -2.14. The second-order valence-corrected chi connectivity index (χ2v) is 17.5. The SMILES string of the molecule is Cc1ccc(C(=O)NCCn2c(C#N)ccc2C(=O)NCc2c(F)cc(-c3cc(Cl)c4[nH]cc(Cc5[nH]c(=O)n(CCC#Cc6cnc7cccnn67)c5O)c4c3)cc2Cl)cc1C#Cc1cnc2cccnn12. The number of nitrogens with one attached hydrogen (secondary N) is 4. The zero-order chi connectivity index (χ0) is 50.8. The Kier molecular flexibility index (Phi) is 13.0. The van der Waals surface area contributed by atoms with Gasteiger partial charge in [0.25, 0.3) is 11.8 Å². The number of H-pyrrole nitrogens is 2. The van der Waals surface area contributed by atoms with Gasteiger partial charge in [0.1, 0.15) is 34.7 Å². The second-order valence-electron chi connectivity index (χ2n) is 16.7. The Morgan fingerprint density at radius 2 is 1.55 bits per heavy atom. The number of benzene rings is 3. The fourth-order valence-corrected chi connectivity index (χ4v) is 8.90. The van der Waals surface area contributed by atoms with E-state index in [1.165, 1.54) is 27.3 Å². The quantitative estimate of drug-likeness (QED) is 0.0772. The molecule has 10 aromatic rings. The molecule has 0 unspecified atom stereocenters. The molecule has 3 aromatic carbocycles. The average molecular weight is 1010 g/mol. The molecule has 0 fully saturated rings. The summed E-state index contributed by atoms with van der Waals surface area (Å²) in [4.78, 5) is 54.3. The first-order valence-corrected chi connectivity index (χ1v) is 23.3. The molecule has 7 aromatic heterocycles. The molecule has 0 aliphatic heterocycles. The van der Waals surface area contributed by atoms with Crippen LogP contribution in [0, 0.1) is 47.8 Å². The van der Waals surface area contributed by atoms with Crippen molar-refractivity contribution >= 4 is 57.2 Å². The minimum absolute atomic E-state index is 0.0267. The largest absolute Gasteiger partial charge is 0.493 e. The lowest BCUT2D eigenvalue weighted by Crippen LogP contribution is -2.30. The van der Waals surface area contributed by atoms with Gasteiger partial charge >= 0.3 is 5.69 Å².